The van der Waals surface area contributed by atoms with E-state index in [9.17, 15) is 0 Å². The number of benzene rings is 2. The molecule has 2 aromatic rings. The molecule has 2 nitrogen and oxygen atoms in total. The van der Waals surface area contributed by atoms with Gasteiger partial charge < -0.3 is 10.1 Å². The molecule has 0 spiro atoms. The Morgan fingerprint density at radius 2 is 1.60 bits per heavy atom. The van der Waals surface area contributed by atoms with Crippen molar-refractivity contribution in [2.24, 2.45) is 0 Å². The molecule has 0 fully saturated rings. The quantitative estimate of drug-likeness (QED) is 0.776. The molecule has 0 bridgehead atoms. The standard InChI is InChI=1S/C17H20ClNO/c1-2-20-17-9-5-15(6-10-17)13-19-12-11-14-3-7-16(18)8-4-14/h3-10,19H,2,11-13H2,1H3. The topological polar surface area (TPSA) is 21.3 Å². The van der Waals surface area contributed by atoms with Gasteiger partial charge in [0.25, 0.3) is 0 Å². The fourth-order valence-corrected chi connectivity index (χ4v) is 2.11. The second-order valence-electron chi connectivity index (χ2n) is 4.63. The first-order valence-electron chi connectivity index (χ1n) is 6.95. The molecule has 0 aromatic heterocycles. The molecule has 0 heterocycles. The highest BCUT2D eigenvalue weighted by molar-refractivity contribution is 6.30. The maximum atomic E-state index is 5.86. The van der Waals surface area contributed by atoms with Gasteiger partial charge in [-0.2, -0.15) is 0 Å². The summed E-state index contributed by atoms with van der Waals surface area (Å²) >= 11 is 5.86. The van der Waals surface area contributed by atoms with E-state index in [0.717, 1.165) is 30.3 Å². The number of hydrogen-bond acceptors (Lipinski definition) is 2. The first kappa shape index (κ1) is 14.9. The first-order chi connectivity index (χ1) is 9.78. The van der Waals surface area contributed by atoms with Gasteiger partial charge in [-0.3, -0.25) is 0 Å². The van der Waals surface area contributed by atoms with E-state index >= 15 is 0 Å². The molecule has 0 radical (unpaired) electrons. The summed E-state index contributed by atoms with van der Waals surface area (Å²) in [7, 11) is 0. The minimum Gasteiger partial charge on any atom is -0.494 e. The van der Waals surface area contributed by atoms with E-state index in [1.54, 1.807) is 0 Å². The van der Waals surface area contributed by atoms with E-state index in [0.29, 0.717) is 6.61 Å². The maximum absolute atomic E-state index is 5.86. The number of halogens is 1. The van der Waals surface area contributed by atoms with Gasteiger partial charge in [0.05, 0.1) is 6.61 Å². The van der Waals surface area contributed by atoms with Crippen molar-refractivity contribution in [3.05, 3.63) is 64.7 Å². The summed E-state index contributed by atoms with van der Waals surface area (Å²) < 4.78 is 5.42. The molecule has 1 N–H and O–H groups in total. The Hall–Kier alpha value is -1.51. The van der Waals surface area contributed by atoms with Crippen LogP contribution in [0.15, 0.2) is 48.5 Å². The minimum absolute atomic E-state index is 0.707. The van der Waals surface area contributed by atoms with Crippen LogP contribution in [0.3, 0.4) is 0 Å². The van der Waals surface area contributed by atoms with Crippen LogP contribution in [0.25, 0.3) is 0 Å². The zero-order valence-corrected chi connectivity index (χ0v) is 12.5. The average molecular weight is 290 g/mol. The van der Waals surface area contributed by atoms with Crippen molar-refractivity contribution >= 4 is 11.6 Å². The molecule has 0 aliphatic heterocycles. The van der Waals surface area contributed by atoms with Crippen LogP contribution in [0.2, 0.25) is 5.02 Å². The van der Waals surface area contributed by atoms with Gasteiger partial charge >= 0.3 is 0 Å². The molecule has 2 aromatic carbocycles. The summed E-state index contributed by atoms with van der Waals surface area (Å²) in [5, 5.41) is 4.23. The summed E-state index contributed by atoms with van der Waals surface area (Å²) in [5.74, 6) is 0.928. The van der Waals surface area contributed by atoms with E-state index in [1.807, 2.05) is 31.2 Å². The Balaban J connectivity index is 1.71. The summed E-state index contributed by atoms with van der Waals surface area (Å²) in [6.07, 6.45) is 1.01. The van der Waals surface area contributed by atoms with Gasteiger partial charge in [-0.05, 0) is 55.3 Å². The van der Waals surface area contributed by atoms with Gasteiger partial charge in [0.15, 0.2) is 0 Å². The van der Waals surface area contributed by atoms with E-state index in [-0.39, 0.29) is 0 Å². The van der Waals surface area contributed by atoms with Gasteiger partial charge in [0, 0.05) is 11.6 Å². The number of ether oxygens (including phenoxy) is 1. The smallest absolute Gasteiger partial charge is 0.119 e. The second-order valence-corrected chi connectivity index (χ2v) is 5.07. The van der Waals surface area contributed by atoms with Gasteiger partial charge in [0.1, 0.15) is 5.75 Å². The zero-order valence-electron chi connectivity index (χ0n) is 11.7. The molecule has 3 heteroatoms. The Morgan fingerprint density at radius 3 is 2.25 bits per heavy atom. The Bertz CT molecular complexity index is 508. The molecule has 0 aliphatic rings. The van der Waals surface area contributed by atoms with Crippen molar-refractivity contribution in [2.45, 2.75) is 19.9 Å². The van der Waals surface area contributed by atoms with Crippen LogP contribution in [0, 0.1) is 0 Å². The number of rotatable bonds is 7. The highest BCUT2D eigenvalue weighted by Gasteiger charge is 1.96. The SMILES string of the molecule is CCOc1ccc(CNCCc2ccc(Cl)cc2)cc1. The van der Waals surface area contributed by atoms with E-state index in [2.05, 4.69) is 29.6 Å². The van der Waals surface area contributed by atoms with Crippen LogP contribution in [0.1, 0.15) is 18.1 Å². The summed E-state index contributed by atoms with van der Waals surface area (Å²) in [6.45, 7) is 4.53. The fraction of sp³-hybridized carbons (Fsp3) is 0.294. The molecule has 0 saturated carbocycles. The highest BCUT2D eigenvalue weighted by Crippen LogP contribution is 2.12. The van der Waals surface area contributed by atoms with Crippen molar-refractivity contribution in [2.75, 3.05) is 13.2 Å². The van der Waals surface area contributed by atoms with Crippen LogP contribution < -0.4 is 10.1 Å². The van der Waals surface area contributed by atoms with Crippen molar-refractivity contribution in [3.8, 4) is 5.75 Å². The molecule has 2 rings (SSSR count). The van der Waals surface area contributed by atoms with Gasteiger partial charge in [-0.15, -0.1) is 0 Å². The second kappa shape index (κ2) is 7.93. The van der Waals surface area contributed by atoms with Crippen molar-refractivity contribution < 1.29 is 4.74 Å². The van der Waals surface area contributed by atoms with Crippen LogP contribution in [0.4, 0.5) is 0 Å². The molecular formula is C17H20ClNO. The van der Waals surface area contributed by atoms with Crippen molar-refractivity contribution in [1.82, 2.24) is 5.32 Å². The Kier molecular flexibility index (Phi) is 5.90. The third-order valence-electron chi connectivity index (χ3n) is 3.07. The first-order valence-corrected chi connectivity index (χ1v) is 7.32. The van der Waals surface area contributed by atoms with Crippen LogP contribution >= 0.6 is 11.6 Å². The summed E-state index contributed by atoms with van der Waals surface area (Å²) in [6, 6.07) is 16.2. The largest absolute Gasteiger partial charge is 0.494 e. The lowest BCUT2D eigenvalue weighted by atomic mass is 10.1. The Morgan fingerprint density at radius 1 is 0.950 bits per heavy atom. The predicted molar refractivity (Wildman–Crippen MR) is 84.5 cm³/mol. The fourth-order valence-electron chi connectivity index (χ4n) is 1.99. The Labute approximate surface area is 125 Å². The number of nitrogens with one attached hydrogen (secondary N) is 1. The molecule has 106 valence electrons. The number of hydrogen-bond donors (Lipinski definition) is 1. The van der Waals surface area contributed by atoms with Crippen LogP contribution in [0.5, 0.6) is 5.75 Å². The average Bonchev–Trinajstić information content (AvgIpc) is 2.47. The molecular weight excluding hydrogens is 270 g/mol. The maximum Gasteiger partial charge on any atom is 0.119 e. The van der Waals surface area contributed by atoms with Gasteiger partial charge in [0.2, 0.25) is 0 Å². The van der Waals surface area contributed by atoms with Gasteiger partial charge in [-0.1, -0.05) is 35.9 Å². The lowest BCUT2D eigenvalue weighted by molar-refractivity contribution is 0.340. The molecule has 20 heavy (non-hydrogen) atoms. The monoisotopic (exact) mass is 289 g/mol. The zero-order chi connectivity index (χ0) is 14.2. The molecule has 0 aliphatic carbocycles. The molecule has 0 unspecified atom stereocenters. The third kappa shape index (κ3) is 4.87. The van der Waals surface area contributed by atoms with Crippen LogP contribution in [-0.2, 0) is 13.0 Å². The molecule has 0 saturated heterocycles. The lowest BCUT2D eigenvalue weighted by Gasteiger charge is -2.07. The molecule has 0 amide bonds. The lowest BCUT2D eigenvalue weighted by Crippen LogP contribution is -2.16. The van der Waals surface area contributed by atoms with Gasteiger partial charge in [-0.25, -0.2) is 0 Å². The van der Waals surface area contributed by atoms with E-state index < -0.39 is 0 Å². The third-order valence-corrected chi connectivity index (χ3v) is 3.32. The minimum atomic E-state index is 0.707. The normalized spacial score (nSPS) is 10.5. The van der Waals surface area contributed by atoms with E-state index in [1.165, 1.54) is 11.1 Å². The molecule has 0 atom stereocenters. The van der Waals surface area contributed by atoms with Crippen molar-refractivity contribution in [3.63, 3.8) is 0 Å². The summed E-state index contributed by atoms with van der Waals surface area (Å²) in [4.78, 5) is 0. The van der Waals surface area contributed by atoms with Crippen LogP contribution in [-0.4, -0.2) is 13.2 Å². The predicted octanol–water partition coefficient (Wildman–Crippen LogP) is 4.07. The highest BCUT2D eigenvalue weighted by atomic mass is 35.5. The van der Waals surface area contributed by atoms with E-state index in [4.69, 9.17) is 16.3 Å². The van der Waals surface area contributed by atoms with Crippen molar-refractivity contribution in [1.29, 1.82) is 0 Å². The summed E-state index contributed by atoms with van der Waals surface area (Å²) in [5.41, 5.74) is 2.57.